The lowest BCUT2D eigenvalue weighted by molar-refractivity contribution is 0.108. The Morgan fingerprint density at radius 1 is 1.35 bits per heavy atom. The molecular formula is C14H26BrN3O2. The van der Waals surface area contributed by atoms with E-state index in [2.05, 4.69) is 40.2 Å². The lowest BCUT2D eigenvalue weighted by atomic mass is 10.2. The van der Waals surface area contributed by atoms with Crippen LogP contribution in [0.4, 0.5) is 0 Å². The van der Waals surface area contributed by atoms with Gasteiger partial charge in [0, 0.05) is 13.7 Å². The molecule has 0 saturated carbocycles. The minimum atomic E-state index is 0.148. The number of halogens is 1. The van der Waals surface area contributed by atoms with Crippen LogP contribution < -0.4 is 5.32 Å². The standard InChI is InChI=1S/C14H26BrN3O2/c1-4-6-16-13(11-20-8-5-2)14-12(15)10-17-18(14)7-9-19-3/h10,13,16H,4-9,11H2,1-3H3. The van der Waals surface area contributed by atoms with Crippen LogP contribution in [0, 0.1) is 0 Å². The van der Waals surface area contributed by atoms with E-state index in [1.54, 1.807) is 7.11 Å². The summed E-state index contributed by atoms with van der Waals surface area (Å²) >= 11 is 3.59. The predicted octanol–water partition coefficient (Wildman–Crippen LogP) is 2.76. The maximum absolute atomic E-state index is 5.72. The van der Waals surface area contributed by atoms with E-state index in [-0.39, 0.29) is 6.04 Å². The molecule has 1 heterocycles. The first-order chi connectivity index (χ1) is 9.74. The molecule has 116 valence electrons. The number of aromatic nitrogens is 2. The monoisotopic (exact) mass is 347 g/mol. The van der Waals surface area contributed by atoms with Crippen molar-refractivity contribution in [2.24, 2.45) is 0 Å². The van der Waals surface area contributed by atoms with Gasteiger partial charge in [-0.15, -0.1) is 0 Å². The fourth-order valence-corrected chi connectivity index (χ4v) is 2.55. The molecule has 20 heavy (non-hydrogen) atoms. The van der Waals surface area contributed by atoms with Gasteiger partial charge in [0.15, 0.2) is 0 Å². The van der Waals surface area contributed by atoms with Crippen molar-refractivity contribution in [3.63, 3.8) is 0 Å². The van der Waals surface area contributed by atoms with Crippen LogP contribution in [0.2, 0.25) is 0 Å². The maximum atomic E-state index is 5.72. The van der Waals surface area contributed by atoms with Gasteiger partial charge in [-0.2, -0.15) is 5.10 Å². The summed E-state index contributed by atoms with van der Waals surface area (Å²) in [6.45, 7) is 8.08. The van der Waals surface area contributed by atoms with E-state index in [4.69, 9.17) is 9.47 Å². The van der Waals surface area contributed by atoms with Gasteiger partial charge in [0.05, 0.1) is 42.2 Å². The Morgan fingerprint density at radius 2 is 2.15 bits per heavy atom. The summed E-state index contributed by atoms with van der Waals surface area (Å²) in [5, 5.41) is 7.94. The van der Waals surface area contributed by atoms with Crippen molar-refractivity contribution < 1.29 is 9.47 Å². The second-order valence-corrected chi connectivity index (χ2v) is 5.53. The Labute approximate surface area is 130 Å². The lowest BCUT2D eigenvalue weighted by Gasteiger charge is -2.20. The largest absolute Gasteiger partial charge is 0.383 e. The molecule has 1 aromatic heterocycles. The third-order valence-corrected chi connectivity index (χ3v) is 3.56. The van der Waals surface area contributed by atoms with E-state index in [9.17, 15) is 0 Å². The van der Waals surface area contributed by atoms with Crippen molar-refractivity contribution in [1.82, 2.24) is 15.1 Å². The second kappa shape index (κ2) is 10.3. The average molecular weight is 348 g/mol. The second-order valence-electron chi connectivity index (χ2n) is 4.68. The summed E-state index contributed by atoms with van der Waals surface area (Å²) in [5.74, 6) is 0. The highest BCUT2D eigenvalue weighted by Crippen LogP contribution is 2.24. The first kappa shape index (κ1) is 17.6. The molecule has 0 spiro atoms. The zero-order valence-electron chi connectivity index (χ0n) is 12.7. The zero-order valence-corrected chi connectivity index (χ0v) is 14.3. The van der Waals surface area contributed by atoms with Crippen LogP contribution >= 0.6 is 15.9 Å². The number of ether oxygens (including phenoxy) is 2. The van der Waals surface area contributed by atoms with Crippen molar-refractivity contribution in [3.05, 3.63) is 16.4 Å². The maximum Gasteiger partial charge on any atom is 0.0741 e. The summed E-state index contributed by atoms with van der Waals surface area (Å²) in [5.41, 5.74) is 1.13. The number of methoxy groups -OCH3 is 1. The van der Waals surface area contributed by atoms with Crippen LogP contribution in [0.1, 0.15) is 38.4 Å². The van der Waals surface area contributed by atoms with Gasteiger partial charge in [-0.3, -0.25) is 4.68 Å². The van der Waals surface area contributed by atoms with E-state index >= 15 is 0 Å². The molecule has 1 N–H and O–H groups in total. The summed E-state index contributed by atoms with van der Waals surface area (Å²) in [6, 6.07) is 0.148. The molecule has 0 saturated heterocycles. The van der Waals surface area contributed by atoms with Gasteiger partial charge in [-0.05, 0) is 35.3 Å². The zero-order chi connectivity index (χ0) is 14.8. The third-order valence-electron chi connectivity index (χ3n) is 2.94. The molecule has 1 aromatic rings. The van der Waals surface area contributed by atoms with Crippen molar-refractivity contribution >= 4 is 15.9 Å². The van der Waals surface area contributed by atoms with Gasteiger partial charge in [0.1, 0.15) is 0 Å². The molecule has 0 amide bonds. The molecule has 0 aliphatic heterocycles. The first-order valence-electron chi connectivity index (χ1n) is 7.25. The molecule has 1 atom stereocenters. The topological polar surface area (TPSA) is 48.3 Å². The van der Waals surface area contributed by atoms with Crippen LogP contribution in [-0.4, -0.2) is 43.3 Å². The lowest BCUT2D eigenvalue weighted by Crippen LogP contribution is -2.29. The van der Waals surface area contributed by atoms with Gasteiger partial charge >= 0.3 is 0 Å². The molecule has 0 aliphatic rings. The highest BCUT2D eigenvalue weighted by atomic mass is 79.9. The van der Waals surface area contributed by atoms with Gasteiger partial charge in [0.2, 0.25) is 0 Å². The molecule has 0 aromatic carbocycles. The Balaban J connectivity index is 2.78. The van der Waals surface area contributed by atoms with Crippen LogP contribution in [0.15, 0.2) is 10.7 Å². The first-order valence-corrected chi connectivity index (χ1v) is 8.05. The summed E-state index contributed by atoms with van der Waals surface area (Å²) in [6.07, 6.45) is 3.96. The molecule has 5 nitrogen and oxygen atoms in total. The summed E-state index contributed by atoms with van der Waals surface area (Å²) in [4.78, 5) is 0. The Morgan fingerprint density at radius 3 is 2.80 bits per heavy atom. The number of nitrogens with zero attached hydrogens (tertiary/aromatic N) is 2. The van der Waals surface area contributed by atoms with Crippen LogP contribution in [0.3, 0.4) is 0 Å². The predicted molar refractivity (Wildman–Crippen MR) is 83.9 cm³/mol. The SMILES string of the molecule is CCCNC(COCCC)c1c(Br)cnn1CCOC. The van der Waals surface area contributed by atoms with Gasteiger partial charge in [0.25, 0.3) is 0 Å². The molecule has 0 bridgehead atoms. The van der Waals surface area contributed by atoms with E-state index in [0.29, 0.717) is 13.2 Å². The smallest absolute Gasteiger partial charge is 0.0741 e. The van der Waals surface area contributed by atoms with Gasteiger partial charge in [-0.25, -0.2) is 0 Å². The van der Waals surface area contributed by atoms with E-state index < -0.39 is 0 Å². The highest BCUT2D eigenvalue weighted by molar-refractivity contribution is 9.10. The summed E-state index contributed by atoms with van der Waals surface area (Å²) in [7, 11) is 1.70. The fraction of sp³-hybridized carbons (Fsp3) is 0.786. The Hall–Kier alpha value is -0.430. The Kier molecular flexibility index (Phi) is 9.09. The molecule has 1 unspecified atom stereocenters. The molecule has 0 aliphatic carbocycles. The van der Waals surface area contributed by atoms with Crippen LogP contribution in [0.5, 0.6) is 0 Å². The van der Waals surface area contributed by atoms with E-state index in [1.807, 2.05) is 10.9 Å². The fourth-order valence-electron chi connectivity index (χ4n) is 1.97. The van der Waals surface area contributed by atoms with E-state index in [0.717, 1.165) is 42.7 Å². The van der Waals surface area contributed by atoms with Gasteiger partial charge < -0.3 is 14.8 Å². The third kappa shape index (κ3) is 5.52. The van der Waals surface area contributed by atoms with E-state index in [1.165, 1.54) is 0 Å². The number of hydrogen-bond acceptors (Lipinski definition) is 4. The highest BCUT2D eigenvalue weighted by Gasteiger charge is 2.19. The van der Waals surface area contributed by atoms with Crippen molar-refractivity contribution in [1.29, 1.82) is 0 Å². The Bertz CT molecular complexity index is 371. The minimum Gasteiger partial charge on any atom is -0.383 e. The number of rotatable bonds is 11. The van der Waals surface area contributed by atoms with Gasteiger partial charge in [-0.1, -0.05) is 13.8 Å². The van der Waals surface area contributed by atoms with Crippen molar-refractivity contribution in [2.75, 3.05) is 33.5 Å². The van der Waals surface area contributed by atoms with Crippen LogP contribution in [-0.2, 0) is 16.0 Å². The normalized spacial score (nSPS) is 12.8. The number of hydrogen-bond donors (Lipinski definition) is 1. The molecular weight excluding hydrogens is 322 g/mol. The van der Waals surface area contributed by atoms with Crippen molar-refractivity contribution in [2.45, 2.75) is 39.3 Å². The molecule has 0 fully saturated rings. The molecule has 0 radical (unpaired) electrons. The van der Waals surface area contributed by atoms with Crippen molar-refractivity contribution in [3.8, 4) is 0 Å². The quantitative estimate of drug-likeness (QED) is 0.625. The summed E-state index contributed by atoms with van der Waals surface area (Å²) < 4.78 is 13.9. The number of nitrogens with one attached hydrogen (secondary N) is 1. The van der Waals surface area contributed by atoms with Crippen LogP contribution in [0.25, 0.3) is 0 Å². The molecule has 1 rings (SSSR count). The molecule has 6 heteroatoms. The average Bonchev–Trinajstić information content (AvgIpc) is 2.81. The minimum absolute atomic E-state index is 0.148.